The lowest BCUT2D eigenvalue weighted by Gasteiger charge is -2.13. The number of benzene rings is 2. The highest BCUT2D eigenvalue weighted by Gasteiger charge is 2.02. The van der Waals surface area contributed by atoms with Gasteiger partial charge in [0.05, 0.1) is 0 Å². The summed E-state index contributed by atoms with van der Waals surface area (Å²) in [5.41, 5.74) is 10.9. The van der Waals surface area contributed by atoms with Crippen LogP contribution >= 0.6 is 0 Å². The zero-order valence-corrected chi connectivity index (χ0v) is 12.6. The van der Waals surface area contributed by atoms with Gasteiger partial charge in [0.25, 0.3) is 0 Å². The monoisotopic (exact) mass is 268 g/mol. The van der Waals surface area contributed by atoms with Crippen LogP contribution in [0.15, 0.2) is 48.5 Å². The molecule has 0 bridgehead atoms. The third kappa shape index (κ3) is 3.84. The third-order valence-corrected chi connectivity index (χ3v) is 3.53. The zero-order chi connectivity index (χ0) is 14.5. The summed E-state index contributed by atoms with van der Waals surface area (Å²) in [5.74, 6) is 0. The highest BCUT2D eigenvalue weighted by atomic mass is 15.1. The molecule has 1 atom stereocenters. The van der Waals surface area contributed by atoms with Gasteiger partial charge >= 0.3 is 0 Å². The van der Waals surface area contributed by atoms with Crippen LogP contribution in [0, 0.1) is 0 Å². The molecule has 0 radical (unpaired) electrons. The van der Waals surface area contributed by atoms with Crippen molar-refractivity contribution in [3.8, 4) is 11.1 Å². The Bertz CT molecular complexity index is 542. The van der Waals surface area contributed by atoms with Crippen molar-refractivity contribution in [3.63, 3.8) is 0 Å². The minimum absolute atomic E-state index is 0.262. The van der Waals surface area contributed by atoms with E-state index in [-0.39, 0.29) is 6.04 Å². The van der Waals surface area contributed by atoms with Crippen molar-refractivity contribution in [1.82, 2.24) is 0 Å². The van der Waals surface area contributed by atoms with Crippen LogP contribution in [0.1, 0.15) is 18.9 Å². The lowest BCUT2D eigenvalue weighted by Crippen LogP contribution is -2.15. The zero-order valence-electron chi connectivity index (χ0n) is 12.6. The van der Waals surface area contributed by atoms with Crippen LogP contribution in [0.2, 0.25) is 0 Å². The lowest BCUT2D eigenvalue weighted by molar-refractivity contribution is 0.666. The first kappa shape index (κ1) is 14.6. The number of rotatable bonds is 5. The average molecular weight is 268 g/mol. The van der Waals surface area contributed by atoms with Crippen LogP contribution < -0.4 is 10.6 Å². The molecular weight excluding hydrogens is 244 g/mol. The molecule has 106 valence electrons. The fourth-order valence-corrected chi connectivity index (χ4v) is 2.25. The predicted octanol–water partition coefficient (Wildman–Crippen LogP) is 3.70. The summed E-state index contributed by atoms with van der Waals surface area (Å²) >= 11 is 0. The van der Waals surface area contributed by atoms with Crippen LogP contribution in [0.3, 0.4) is 0 Å². The molecule has 1 unspecified atom stereocenters. The Balaban J connectivity index is 2.17. The van der Waals surface area contributed by atoms with Gasteiger partial charge in [-0.1, -0.05) is 36.4 Å². The van der Waals surface area contributed by atoms with Gasteiger partial charge in [-0.05, 0) is 48.6 Å². The van der Waals surface area contributed by atoms with E-state index in [0.29, 0.717) is 0 Å². The summed E-state index contributed by atoms with van der Waals surface area (Å²) < 4.78 is 0. The summed E-state index contributed by atoms with van der Waals surface area (Å²) in [6.45, 7) is 2.06. The van der Waals surface area contributed by atoms with Gasteiger partial charge in [0.15, 0.2) is 0 Å². The number of anilines is 1. The van der Waals surface area contributed by atoms with Gasteiger partial charge < -0.3 is 10.6 Å². The molecule has 0 amide bonds. The minimum atomic E-state index is 0.262. The predicted molar refractivity (Wildman–Crippen MR) is 88.2 cm³/mol. The van der Waals surface area contributed by atoms with E-state index >= 15 is 0 Å². The molecule has 2 N–H and O–H groups in total. The van der Waals surface area contributed by atoms with E-state index in [2.05, 4.69) is 74.4 Å². The maximum absolute atomic E-state index is 5.83. The largest absolute Gasteiger partial charge is 0.378 e. The van der Waals surface area contributed by atoms with E-state index in [9.17, 15) is 0 Å². The molecule has 0 heterocycles. The van der Waals surface area contributed by atoms with Crippen molar-refractivity contribution in [2.45, 2.75) is 25.8 Å². The maximum Gasteiger partial charge on any atom is 0.0361 e. The van der Waals surface area contributed by atoms with Crippen molar-refractivity contribution in [2.75, 3.05) is 19.0 Å². The van der Waals surface area contributed by atoms with Gasteiger partial charge in [0.1, 0.15) is 0 Å². The number of hydrogen-bond donors (Lipinski definition) is 1. The minimum Gasteiger partial charge on any atom is -0.378 e. The Kier molecular flexibility index (Phi) is 4.80. The van der Waals surface area contributed by atoms with E-state index in [1.807, 2.05) is 0 Å². The first-order valence-electron chi connectivity index (χ1n) is 7.18. The Labute approximate surface area is 122 Å². The summed E-state index contributed by atoms with van der Waals surface area (Å²) in [4.78, 5) is 2.11. The maximum atomic E-state index is 5.83. The number of nitrogens with zero attached hydrogens (tertiary/aromatic N) is 1. The first-order valence-corrected chi connectivity index (χ1v) is 7.18. The summed E-state index contributed by atoms with van der Waals surface area (Å²) in [6.07, 6.45) is 2.07. The second kappa shape index (κ2) is 6.58. The fraction of sp³-hybridized carbons (Fsp3) is 0.333. The summed E-state index contributed by atoms with van der Waals surface area (Å²) in [7, 11) is 4.12. The molecule has 0 aromatic heterocycles. The Morgan fingerprint density at radius 2 is 1.70 bits per heavy atom. The van der Waals surface area contributed by atoms with Crippen molar-refractivity contribution in [2.24, 2.45) is 5.73 Å². The Morgan fingerprint density at radius 3 is 2.30 bits per heavy atom. The molecule has 0 aliphatic carbocycles. The number of aryl methyl sites for hydroxylation is 1. The van der Waals surface area contributed by atoms with Crippen LogP contribution in [0.4, 0.5) is 5.69 Å². The third-order valence-electron chi connectivity index (χ3n) is 3.53. The second-order valence-electron chi connectivity index (χ2n) is 5.66. The highest BCUT2D eigenvalue weighted by molar-refractivity contribution is 5.66. The first-order chi connectivity index (χ1) is 9.56. The van der Waals surface area contributed by atoms with Gasteiger partial charge in [0, 0.05) is 25.8 Å². The molecule has 2 nitrogen and oxygen atoms in total. The molecule has 2 rings (SSSR count). The summed E-state index contributed by atoms with van der Waals surface area (Å²) in [5, 5.41) is 0. The molecule has 20 heavy (non-hydrogen) atoms. The van der Waals surface area contributed by atoms with Crippen molar-refractivity contribution < 1.29 is 0 Å². The molecular formula is C18H24N2. The van der Waals surface area contributed by atoms with Gasteiger partial charge in [0.2, 0.25) is 0 Å². The molecule has 2 heteroatoms. The van der Waals surface area contributed by atoms with Gasteiger partial charge in [-0.25, -0.2) is 0 Å². The molecule has 0 spiro atoms. The molecule has 2 aromatic rings. The molecule has 0 fully saturated rings. The molecule has 0 aliphatic rings. The summed E-state index contributed by atoms with van der Waals surface area (Å²) in [6, 6.07) is 17.7. The molecule has 0 saturated carbocycles. The average Bonchev–Trinajstić information content (AvgIpc) is 2.45. The van der Waals surface area contributed by atoms with E-state index < -0.39 is 0 Å². The Morgan fingerprint density at radius 1 is 1.00 bits per heavy atom. The van der Waals surface area contributed by atoms with Crippen molar-refractivity contribution in [1.29, 1.82) is 0 Å². The topological polar surface area (TPSA) is 29.3 Å². The van der Waals surface area contributed by atoms with Crippen molar-refractivity contribution in [3.05, 3.63) is 54.1 Å². The van der Waals surface area contributed by atoms with Gasteiger partial charge in [-0.2, -0.15) is 0 Å². The highest BCUT2D eigenvalue weighted by Crippen LogP contribution is 2.23. The van der Waals surface area contributed by atoms with Crippen LogP contribution in [-0.4, -0.2) is 20.1 Å². The Hall–Kier alpha value is -1.80. The second-order valence-corrected chi connectivity index (χ2v) is 5.66. The molecule has 2 aromatic carbocycles. The molecule has 0 saturated heterocycles. The van der Waals surface area contributed by atoms with Gasteiger partial charge in [-0.15, -0.1) is 0 Å². The normalized spacial score (nSPS) is 12.2. The smallest absolute Gasteiger partial charge is 0.0361 e. The standard InChI is InChI=1S/C18H24N2/c1-14(19)7-8-15-5-4-6-17(13-15)16-9-11-18(12-10-16)20(2)3/h4-6,9-14H,7-8,19H2,1-3H3. The quantitative estimate of drug-likeness (QED) is 0.896. The fourth-order valence-electron chi connectivity index (χ4n) is 2.25. The van der Waals surface area contributed by atoms with Crippen LogP contribution in [0.5, 0.6) is 0 Å². The van der Waals surface area contributed by atoms with E-state index in [1.165, 1.54) is 22.4 Å². The van der Waals surface area contributed by atoms with E-state index in [0.717, 1.165) is 12.8 Å². The van der Waals surface area contributed by atoms with Crippen LogP contribution in [-0.2, 0) is 6.42 Å². The van der Waals surface area contributed by atoms with Crippen molar-refractivity contribution >= 4 is 5.69 Å². The number of hydrogen-bond acceptors (Lipinski definition) is 2. The van der Waals surface area contributed by atoms with Gasteiger partial charge in [-0.3, -0.25) is 0 Å². The van der Waals surface area contributed by atoms with E-state index in [1.54, 1.807) is 0 Å². The van der Waals surface area contributed by atoms with E-state index in [4.69, 9.17) is 5.73 Å². The van der Waals surface area contributed by atoms with Crippen LogP contribution in [0.25, 0.3) is 11.1 Å². The SMILES string of the molecule is CC(N)CCc1cccc(-c2ccc(N(C)C)cc2)c1. The number of nitrogens with two attached hydrogens (primary N) is 1. The lowest BCUT2D eigenvalue weighted by atomic mass is 9.99. The molecule has 0 aliphatic heterocycles.